The van der Waals surface area contributed by atoms with Crippen molar-refractivity contribution in [3.63, 3.8) is 0 Å². The van der Waals surface area contributed by atoms with Crippen molar-refractivity contribution in [2.24, 2.45) is 0 Å². The Morgan fingerprint density at radius 3 is 2.20 bits per heavy atom. The van der Waals surface area contributed by atoms with Crippen LogP contribution in [-0.4, -0.2) is 37.4 Å². The monoisotopic (exact) mass is 482 g/mol. The van der Waals surface area contributed by atoms with Crippen molar-refractivity contribution in [3.05, 3.63) is 65.7 Å². The van der Waals surface area contributed by atoms with E-state index >= 15 is 0 Å². The van der Waals surface area contributed by atoms with Crippen LogP contribution in [0.4, 0.5) is 0 Å². The summed E-state index contributed by atoms with van der Waals surface area (Å²) in [5.41, 5.74) is 2.59. The average Bonchev–Trinajstić information content (AvgIpc) is 2.81. The van der Waals surface area contributed by atoms with Gasteiger partial charge in [-0.15, -0.1) is 0 Å². The molecule has 0 amide bonds. The number of esters is 1. The smallest absolute Gasteiger partial charge is 0.309 e. The highest BCUT2D eigenvalue weighted by atomic mass is 16.7. The molecule has 0 saturated heterocycles. The molecule has 2 rings (SSSR count). The molecule has 2 aromatic rings. The number of benzene rings is 2. The molecule has 4 heteroatoms. The minimum atomic E-state index is -0.590. The van der Waals surface area contributed by atoms with Crippen LogP contribution in [0.5, 0.6) is 5.75 Å². The Bertz CT molecular complexity index is 834. The van der Waals surface area contributed by atoms with Gasteiger partial charge in [0, 0.05) is 18.9 Å². The number of hydrogen-bond donors (Lipinski definition) is 0. The molecule has 0 aliphatic carbocycles. The van der Waals surface area contributed by atoms with Gasteiger partial charge >= 0.3 is 5.97 Å². The summed E-state index contributed by atoms with van der Waals surface area (Å²) in [6.45, 7) is 5.92. The summed E-state index contributed by atoms with van der Waals surface area (Å²) in [6.07, 6.45) is 12.3. The molecule has 0 aliphatic heterocycles. The molecule has 0 fully saturated rings. The highest BCUT2D eigenvalue weighted by Crippen LogP contribution is 2.18. The summed E-state index contributed by atoms with van der Waals surface area (Å²) < 4.78 is 12.2. The third-order valence-corrected chi connectivity index (χ3v) is 6.41. The predicted octanol–water partition coefficient (Wildman–Crippen LogP) is 7.69. The lowest BCUT2D eigenvalue weighted by Crippen LogP contribution is -2.39. The van der Waals surface area contributed by atoms with E-state index in [1.807, 2.05) is 18.2 Å². The molecule has 0 aliphatic rings. The van der Waals surface area contributed by atoms with E-state index < -0.39 is 6.29 Å². The number of ether oxygens (including phenoxy) is 2. The molecule has 1 atom stereocenters. The first kappa shape index (κ1) is 28.9. The second-order valence-corrected chi connectivity index (χ2v) is 10.5. The number of rotatable bonds is 18. The summed E-state index contributed by atoms with van der Waals surface area (Å²) in [4.78, 5) is 12.3. The third-order valence-electron chi connectivity index (χ3n) is 6.41. The van der Waals surface area contributed by atoms with Crippen molar-refractivity contribution in [2.75, 3.05) is 20.6 Å². The van der Waals surface area contributed by atoms with Crippen LogP contribution >= 0.6 is 0 Å². The number of nitrogens with zero attached hydrogens (tertiary/aromatic N) is 1. The topological polar surface area (TPSA) is 35.5 Å². The highest BCUT2D eigenvalue weighted by Gasteiger charge is 2.18. The van der Waals surface area contributed by atoms with E-state index in [0.717, 1.165) is 36.2 Å². The van der Waals surface area contributed by atoms with Gasteiger partial charge in [-0.25, -0.2) is 0 Å². The average molecular weight is 483 g/mol. The van der Waals surface area contributed by atoms with Gasteiger partial charge in [-0.3, -0.25) is 4.79 Å². The number of carbonyl (C=O) groups is 1. The normalized spacial score (nSPS) is 12.3. The van der Waals surface area contributed by atoms with E-state index in [2.05, 4.69) is 57.4 Å². The van der Waals surface area contributed by atoms with Crippen molar-refractivity contribution in [1.82, 2.24) is 0 Å². The Morgan fingerprint density at radius 2 is 1.49 bits per heavy atom. The summed E-state index contributed by atoms with van der Waals surface area (Å²) in [5.74, 6) is 0.565. The van der Waals surface area contributed by atoms with Crippen LogP contribution in [0, 0.1) is 0 Å². The van der Waals surface area contributed by atoms with Crippen molar-refractivity contribution >= 4 is 5.97 Å². The Labute approximate surface area is 214 Å². The largest absolute Gasteiger partial charge is 0.455 e. The number of carbonyl (C=O) groups excluding carboxylic acids is 1. The molecule has 2 aromatic carbocycles. The predicted molar refractivity (Wildman–Crippen MR) is 145 cm³/mol. The van der Waals surface area contributed by atoms with Crippen LogP contribution in [0.2, 0.25) is 0 Å². The standard InChI is InChI=1S/C31H48NO3/c1-5-6-7-8-9-10-11-13-18-28-21-16-22-30(25-28)34-27(2)35-31(33)23-17-24-32(3,4)26-29-19-14-12-15-20-29/h12,14-16,19-22,25,27H,5-11,13,17-18,23-24,26H2,1-4H3/q+1. The van der Waals surface area contributed by atoms with Crippen molar-refractivity contribution in [1.29, 1.82) is 0 Å². The molecular weight excluding hydrogens is 434 g/mol. The highest BCUT2D eigenvalue weighted by molar-refractivity contribution is 5.69. The first-order valence-corrected chi connectivity index (χ1v) is 13.7. The number of aryl methyl sites for hydroxylation is 1. The molecule has 0 heterocycles. The molecule has 0 radical (unpaired) electrons. The summed E-state index contributed by atoms with van der Waals surface area (Å²) in [5, 5.41) is 0. The summed E-state index contributed by atoms with van der Waals surface area (Å²) in [7, 11) is 4.40. The second kappa shape index (κ2) is 16.4. The maximum atomic E-state index is 12.3. The lowest BCUT2D eigenvalue weighted by molar-refractivity contribution is -0.903. The van der Waals surface area contributed by atoms with Gasteiger partial charge in [0.15, 0.2) is 0 Å². The SMILES string of the molecule is CCCCCCCCCCc1cccc(OC(C)OC(=O)CCC[N+](C)(C)Cc2ccccc2)c1. The van der Waals surface area contributed by atoms with Crippen molar-refractivity contribution in [3.8, 4) is 5.75 Å². The molecular formula is C31H48NO3+. The fourth-order valence-electron chi connectivity index (χ4n) is 4.51. The maximum absolute atomic E-state index is 12.3. The van der Waals surface area contributed by atoms with Crippen LogP contribution in [0.25, 0.3) is 0 Å². The van der Waals surface area contributed by atoms with E-state index in [1.54, 1.807) is 6.92 Å². The summed E-state index contributed by atoms with van der Waals surface area (Å²) >= 11 is 0. The zero-order chi connectivity index (χ0) is 25.4. The van der Waals surface area contributed by atoms with Crippen LogP contribution in [-0.2, 0) is 22.5 Å². The van der Waals surface area contributed by atoms with E-state index in [1.165, 1.54) is 62.5 Å². The van der Waals surface area contributed by atoms with Gasteiger partial charge in [-0.05, 0) is 30.5 Å². The van der Waals surface area contributed by atoms with Gasteiger partial charge in [0.1, 0.15) is 12.3 Å². The molecule has 35 heavy (non-hydrogen) atoms. The molecule has 0 bridgehead atoms. The lowest BCUT2D eigenvalue weighted by atomic mass is 10.0. The number of hydrogen-bond acceptors (Lipinski definition) is 3. The van der Waals surface area contributed by atoms with Crippen molar-refractivity contribution in [2.45, 2.75) is 97.3 Å². The van der Waals surface area contributed by atoms with Crippen molar-refractivity contribution < 1.29 is 18.8 Å². The third kappa shape index (κ3) is 13.4. The van der Waals surface area contributed by atoms with Gasteiger partial charge in [-0.2, -0.15) is 0 Å². The van der Waals surface area contributed by atoms with Gasteiger partial charge < -0.3 is 14.0 Å². The van der Waals surface area contributed by atoms with E-state index in [0.29, 0.717) is 6.42 Å². The lowest BCUT2D eigenvalue weighted by Gasteiger charge is -2.29. The van der Waals surface area contributed by atoms with Crippen LogP contribution in [0.1, 0.15) is 89.2 Å². The minimum absolute atomic E-state index is 0.202. The van der Waals surface area contributed by atoms with Crippen LogP contribution in [0.15, 0.2) is 54.6 Å². The van der Waals surface area contributed by atoms with Gasteiger partial charge in [-0.1, -0.05) is 94.3 Å². The first-order chi connectivity index (χ1) is 16.9. The fraction of sp³-hybridized carbons (Fsp3) is 0.581. The molecule has 0 aromatic heterocycles. The first-order valence-electron chi connectivity index (χ1n) is 13.7. The second-order valence-electron chi connectivity index (χ2n) is 10.5. The zero-order valence-electron chi connectivity index (χ0n) is 22.6. The number of unbranched alkanes of at least 4 members (excludes halogenated alkanes) is 7. The molecule has 0 N–H and O–H groups in total. The van der Waals surface area contributed by atoms with Gasteiger partial charge in [0.2, 0.25) is 6.29 Å². The molecule has 194 valence electrons. The van der Waals surface area contributed by atoms with E-state index in [-0.39, 0.29) is 5.97 Å². The molecule has 0 spiro atoms. The Morgan fingerprint density at radius 1 is 0.829 bits per heavy atom. The Balaban J connectivity index is 1.63. The fourth-order valence-corrected chi connectivity index (χ4v) is 4.51. The van der Waals surface area contributed by atoms with Crippen LogP contribution < -0.4 is 4.74 Å². The quantitative estimate of drug-likeness (QED) is 0.0945. The van der Waals surface area contributed by atoms with Crippen LogP contribution in [0.3, 0.4) is 0 Å². The number of quaternary nitrogens is 1. The van der Waals surface area contributed by atoms with Gasteiger partial charge in [0.25, 0.3) is 0 Å². The van der Waals surface area contributed by atoms with Gasteiger partial charge in [0.05, 0.1) is 27.1 Å². The molecule has 0 saturated carbocycles. The molecule has 1 unspecified atom stereocenters. The maximum Gasteiger partial charge on any atom is 0.309 e. The van der Waals surface area contributed by atoms with E-state index in [4.69, 9.17) is 9.47 Å². The van der Waals surface area contributed by atoms with E-state index in [9.17, 15) is 4.79 Å². The molecule has 4 nitrogen and oxygen atoms in total. The summed E-state index contributed by atoms with van der Waals surface area (Å²) in [6, 6.07) is 18.7. The minimum Gasteiger partial charge on any atom is -0.455 e. The Hall–Kier alpha value is -2.33. The Kier molecular flexibility index (Phi) is 13.5. The zero-order valence-corrected chi connectivity index (χ0v) is 22.6.